The van der Waals surface area contributed by atoms with Gasteiger partial charge in [-0.3, -0.25) is 14.5 Å². The number of rotatable bonds is 4. The van der Waals surface area contributed by atoms with Crippen LogP contribution in [-0.4, -0.2) is 30.6 Å². The molecule has 5 rings (SSSR count). The van der Waals surface area contributed by atoms with Crippen LogP contribution in [0.2, 0.25) is 0 Å². The molecule has 1 aliphatic rings. The van der Waals surface area contributed by atoms with Gasteiger partial charge in [0.15, 0.2) is 0 Å². The highest BCUT2D eigenvalue weighted by Crippen LogP contribution is 2.29. The van der Waals surface area contributed by atoms with Crippen LogP contribution in [0.25, 0.3) is 22.6 Å². The van der Waals surface area contributed by atoms with Crippen molar-refractivity contribution in [1.29, 1.82) is 0 Å². The van der Waals surface area contributed by atoms with Crippen LogP contribution < -0.4 is 0 Å². The molecule has 0 spiro atoms. The fourth-order valence-corrected chi connectivity index (χ4v) is 4.66. The molecular formula is C23H21N5OS. The van der Waals surface area contributed by atoms with Gasteiger partial charge in [-0.25, -0.2) is 4.98 Å². The Morgan fingerprint density at radius 3 is 2.63 bits per heavy atom. The number of carbonyl (C=O) groups excluding carboxylic acids is 1. The van der Waals surface area contributed by atoms with Gasteiger partial charge in [-0.05, 0) is 37.1 Å². The number of hydrogen-bond donors (Lipinski definition) is 0. The summed E-state index contributed by atoms with van der Waals surface area (Å²) in [7, 11) is 0. The lowest BCUT2D eigenvalue weighted by Crippen LogP contribution is -2.30. The summed E-state index contributed by atoms with van der Waals surface area (Å²) in [6, 6.07) is 16.0. The van der Waals surface area contributed by atoms with Gasteiger partial charge in [-0.2, -0.15) is 5.10 Å². The number of hydrogen-bond acceptors (Lipinski definition) is 5. The van der Waals surface area contributed by atoms with Crippen molar-refractivity contribution >= 4 is 17.2 Å². The minimum Gasteiger partial charge on any atom is -0.330 e. The maximum Gasteiger partial charge on any atom is 0.245 e. The van der Waals surface area contributed by atoms with Crippen LogP contribution in [0.1, 0.15) is 21.1 Å². The predicted molar refractivity (Wildman–Crippen MR) is 117 cm³/mol. The van der Waals surface area contributed by atoms with Gasteiger partial charge in [-0.15, -0.1) is 11.3 Å². The van der Waals surface area contributed by atoms with Crippen molar-refractivity contribution < 1.29 is 4.79 Å². The van der Waals surface area contributed by atoms with Crippen molar-refractivity contribution in [3.63, 3.8) is 0 Å². The minimum atomic E-state index is 0.0431. The molecule has 0 aliphatic carbocycles. The van der Waals surface area contributed by atoms with E-state index in [2.05, 4.69) is 9.97 Å². The van der Waals surface area contributed by atoms with Gasteiger partial charge in [0, 0.05) is 11.1 Å². The Balaban J connectivity index is 1.45. The fourth-order valence-electron chi connectivity index (χ4n) is 3.70. The Morgan fingerprint density at radius 1 is 1.07 bits per heavy atom. The van der Waals surface area contributed by atoms with E-state index in [9.17, 15) is 4.79 Å². The fraction of sp³-hybridized carbons (Fsp3) is 0.217. The van der Waals surface area contributed by atoms with Crippen LogP contribution in [0.3, 0.4) is 0 Å². The van der Waals surface area contributed by atoms with Crippen LogP contribution in [0.15, 0.2) is 54.7 Å². The summed E-state index contributed by atoms with van der Waals surface area (Å²) >= 11 is 1.67. The number of aromatic nitrogens is 4. The van der Waals surface area contributed by atoms with Gasteiger partial charge in [0.25, 0.3) is 0 Å². The van der Waals surface area contributed by atoms with E-state index < -0.39 is 0 Å². The molecule has 30 heavy (non-hydrogen) atoms. The molecule has 1 amide bonds. The number of thiazole rings is 1. The van der Waals surface area contributed by atoms with Crippen molar-refractivity contribution in [1.82, 2.24) is 24.6 Å². The third-order valence-electron chi connectivity index (χ3n) is 5.22. The molecule has 4 heterocycles. The lowest BCUT2D eigenvalue weighted by molar-refractivity contribution is -0.132. The predicted octanol–water partition coefficient (Wildman–Crippen LogP) is 4.23. The summed E-state index contributed by atoms with van der Waals surface area (Å²) in [6.07, 6.45) is 1.83. The highest BCUT2D eigenvalue weighted by atomic mass is 32.1. The van der Waals surface area contributed by atoms with Crippen molar-refractivity contribution in [3.05, 3.63) is 75.9 Å². The zero-order valence-electron chi connectivity index (χ0n) is 16.9. The maximum atomic E-state index is 13.1. The summed E-state index contributed by atoms with van der Waals surface area (Å²) in [5.41, 5.74) is 5.62. The first kappa shape index (κ1) is 18.7. The first-order valence-corrected chi connectivity index (χ1v) is 10.7. The molecule has 1 aliphatic heterocycles. The monoisotopic (exact) mass is 415 g/mol. The van der Waals surface area contributed by atoms with E-state index in [1.807, 2.05) is 73.5 Å². The second-order valence-electron chi connectivity index (χ2n) is 7.51. The molecule has 0 bridgehead atoms. The average Bonchev–Trinajstić information content (AvgIpc) is 3.42. The Labute approximate surface area is 178 Å². The zero-order valence-corrected chi connectivity index (χ0v) is 17.7. The lowest BCUT2D eigenvalue weighted by Gasteiger charge is -2.16. The number of carbonyl (C=O) groups is 1. The molecule has 6 nitrogen and oxygen atoms in total. The molecule has 0 radical (unpaired) electrons. The topological polar surface area (TPSA) is 63.9 Å². The SMILES string of the molecule is Cc1ccc(-c2cc(-c3ccccc3)n(CC(=O)N3Cc4nc(C)sc4C3)n2)nc1. The van der Waals surface area contributed by atoms with E-state index in [4.69, 9.17) is 5.10 Å². The zero-order chi connectivity index (χ0) is 20.7. The van der Waals surface area contributed by atoms with Crippen molar-refractivity contribution in [2.45, 2.75) is 33.5 Å². The third kappa shape index (κ3) is 3.52. The highest BCUT2D eigenvalue weighted by molar-refractivity contribution is 7.11. The molecule has 3 aromatic heterocycles. The van der Waals surface area contributed by atoms with Crippen molar-refractivity contribution in [2.75, 3.05) is 0 Å². The molecule has 0 saturated heterocycles. The van der Waals surface area contributed by atoms with Crippen LogP contribution in [-0.2, 0) is 24.4 Å². The van der Waals surface area contributed by atoms with Crippen LogP contribution in [0, 0.1) is 13.8 Å². The van der Waals surface area contributed by atoms with Gasteiger partial charge >= 0.3 is 0 Å². The molecule has 0 unspecified atom stereocenters. The minimum absolute atomic E-state index is 0.0431. The molecule has 4 aromatic rings. The molecule has 150 valence electrons. The Morgan fingerprint density at radius 2 is 1.90 bits per heavy atom. The Bertz CT molecular complexity index is 1190. The van der Waals surface area contributed by atoms with Gasteiger partial charge in [0.05, 0.1) is 35.2 Å². The second-order valence-corrected chi connectivity index (χ2v) is 8.80. The quantitative estimate of drug-likeness (QED) is 0.500. The van der Waals surface area contributed by atoms with E-state index >= 15 is 0 Å². The summed E-state index contributed by atoms with van der Waals surface area (Å²) in [6.45, 7) is 5.41. The molecular weight excluding hydrogens is 394 g/mol. The number of benzene rings is 1. The van der Waals surface area contributed by atoms with Crippen molar-refractivity contribution in [2.24, 2.45) is 0 Å². The van der Waals surface area contributed by atoms with Gasteiger partial charge in [0.2, 0.25) is 5.91 Å². The Hall–Kier alpha value is -3.32. The summed E-state index contributed by atoms with van der Waals surface area (Å²) < 4.78 is 1.79. The first-order chi connectivity index (χ1) is 14.6. The summed E-state index contributed by atoms with van der Waals surface area (Å²) in [5, 5.41) is 5.80. The van der Waals surface area contributed by atoms with Crippen molar-refractivity contribution in [3.8, 4) is 22.6 Å². The lowest BCUT2D eigenvalue weighted by atomic mass is 10.1. The summed E-state index contributed by atoms with van der Waals surface area (Å²) in [4.78, 5) is 25.2. The molecule has 7 heteroatoms. The molecule has 0 N–H and O–H groups in total. The number of pyridine rings is 1. The van der Waals surface area contributed by atoms with E-state index in [-0.39, 0.29) is 12.5 Å². The smallest absolute Gasteiger partial charge is 0.245 e. The Kier molecular flexibility index (Phi) is 4.67. The van der Waals surface area contributed by atoms with E-state index in [1.165, 1.54) is 4.88 Å². The largest absolute Gasteiger partial charge is 0.330 e. The number of fused-ring (bicyclic) bond motifs is 1. The van der Waals surface area contributed by atoms with Crippen LogP contribution in [0.4, 0.5) is 0 Å². The van der Waals surface area contributed by atoms with E-state index in [0.29, 0.717) is 13.1 Å². The first-order valence-electron chi connectivity index (χ1n) is 9.86. The average molecular weight is 416 g/mol. The summed E-state index contributed by atoms with van der Waals surface area (Å²) in [5.74, 6) is 0.0431. The van der Waals surface area contributed by atoms with Gasteiger partial charge in [-0.1, -0.05) is 36.4 Å². The number of nitrogens with zero attached hydrogens (tertiary/aromatic N) is 5. The van der Waals surface area contributed by atoms with Crippen LogP contribution in [0.5, 0.6) is 0 Å². The van der Waals surface area contributed by atoms with Crippen LogP contribution >= 0.6 is 11.3 Å². The molecule has 0 atom stereocenters. The second kappa shape index (κ2) is 7.50. The van der Waals surface area contributed by atoms with Gasteiger partial charge in [0.1, 0.15) is 12.2 Å². The molecule has 0 fully saturated rings. The third-order valence-corrected chi connectivity index (χ3v) is 6.22. The maximum absolute atomic E-state index is 13.1. The molecule has 0 saturated carbocycles. The van der Waals surface area contributed by atoms with E-state index in [0.717, 1.165) is 38.9 Å². The molecule has 1 aromatic carbocycles. The standard InChI is InChI=1S/C23H21N5OS/c1-15-8-9-18(24-11-15)19-10-21(17-6-4-3-5-7-17)28(26-19)14-23(29)27-12-20-22(13-27)30-16(2)25-20/h3-11H,12-14H2,1-2H3. The number of amides is 1. The normalized spacial score (nSPS) is 12.9. The van der Waals surface area contributed by atoms with Gasteiger partial charge < -0.3 is 4.90 Å². The highest BCUT2D eigenvalue weighted by Gasteiger charge is 2.27. The van der Waals surface area contributed by atoms with E-state index in [1.54, 1.807) is 16.0 Å². The number of aryl methyl sites for hydroxylation is 2.